The Kier molecular flexibility index (Phi) is 10.1. The zero-order valence-electron chi connectivity index (χ0n) is 22.4. The predicted octanol–water partition coefficient (Wildman–Crippen LogP) is 6.60. The molecule has 0 heterocycles. The van der Waals surface area contributed by atoms with Gasteiger partial charge in [-0.25, -0.2) is 0 Å². The van der Waals surface area contributed by atoms with Crippen LogP contribution < -0.4 is 18.9 Å². The van der Waals surface area contributed by atoms with E-state index in [4.69, 9.17) is 18.9 Å². The van der Waals surface area contributed by atoms with Crippen molar-refractivity contribution < 1.29 is 18.9 Å². The molecule has 0 fully saturated rings. The zero-order chi connectivity index (χ0) is 26.5. The van der Waals surface area contributed by atoms with Gasteiger partial charge in [-0.15, -0.1) is 0 Å². The number of ether oxygens (including phenoxy) is 4. The van der Waals surface area contributed by atoms with Gasteiger partial charge < -0.3 is 18.9 Å². The lowest BCUT2D eigenvalue weighted by molar-refractivity contribution is -0.0463. The third kappa shape index (κ3) is 8.00. The highest BCUT2D eigenvalue weighted by molar-refractivity contribution is 6.45. The molecule has 0 aliphatic rings. The Morgan fingerprint density at radius 1 is 0.421 bits per heavy atom. The normalized spacial score (nSPS) is 12.2. The fourth-order valence-electron chi connectivity index (χ4n) is 4.49. The summed E-state index contributed by atoms with van der Waals surface area (Å²) in [5.74, 6) is 3.38. The monoisotopic (exact) mass is 542 g/mol. The first-order chi connectivity index (χ1) is 18.6. The molecule has 0 radical (unpaired) electrons. The van der Waals surface area contributed by atoms with Gasteiger partial charge in [0.05, 0.1) is 0 Å². The van der Waals surface area contributed by atoms with Crippen molar-refractivity contribution in [1.29, 1.82) is 0 Å². The summed E-state index contributed by atoms with van der Waals surface area (Å²) in [6, 6.07) is 42.3. The number of rotatable bonds is 15. The Morgan fingerprint density at radius 3 is 0.868 bits per heavy atom. The molecule has 0 bridgehead atoms. The second-order valence-electron chi connectivity index (χ2n) is 9.40. The van der Waals surface area contributed by atoms with E-state index in [1.807, 2.05) is 121 Å². The lowest BCUT2D eigenvalue weighted by atomic mass is 10.3. The molecule has 0 unspecified atom stereocenters. The van der Waals surface area contributed by atoms with Crippen LogP contribution in [0.2, 0.25) is 12.1 Å². The van der Waals surface area contributed by atoms with Gasteiger partial charge in [0.25, 0.3) is 0 Å². The van der Waals surface area contributed by atoms with Crippen molar-refractivity contribution in [3.8, 4) is 23.0 Å². The third-order valence-electron chi connectivity index (χ3n) is 6.63. The Hall–Kier alpha value is -3.49. The van der Waals surface area contributed by atoms with E-state index in [2.05, 4.69) is 13.8 Å². The molecule has 4 rings (SSSR count). The molecule has 0 spiro atoms. The molecule has 0 N–H and O–H groups in total. The third-order valence-corrected chi connectivity index (χ3v) is 12.4. The smallest absolute Gasteiger partial charge is 0.222 e. The average Bonchev–Trinajstić information content (AvgIpc) is 2.97. The molecule has 0 saturated heterocycles. The quantitative estimate of drug-likeness (QED) is 0.0963. The van der Waals surface area contributed by atoms with Gasteiger partial charge in [-0.2, -0.15) is 0 Å². The van der Waals surface area contributed by atoms with Crippen LogP contribution in [-0.2, 0) is 0 Å². The van der Waals surface area contributed by atoms with E-state index in [-0.39, 0.29) is 0 Å². The molecule has 6 heteroatoms. The van der Waals surface area contributed by atoms with Crippen molar-refractivity contribution in [2.45, 2.75) is 49.6 Å². The van der Waals surface area contributed by atoms with Gasteiger partial charge in [0.1, 0.15) is 42.0 Å². The van der Waals surface area contributed by atoms with Crippen molar-refractivity contribution in [3.63, 3.8) is 0 Å². The molecule has 4 nitrogen and oxygen atoms in total. The first-order valence-corrected chi connectivity index (χ1v) is 17.0. The van der Waals surface area contributed by atoms with Crippen LogP contribution >= 0.6 is 0 Å². The van der Waals surface area contributed by atoms with E-state index in [1.54, 1.807) is 0 Å². The molecule has 0 saturated carbocycles. The highest BCUT2D eigenvalue weighted by Crippen LogP contribution is 2.29. The maximum Gasteiger partial charge on any atom is 0.222 e. The maximum atomic E-state index is 6.60. The zero-order valence-corrected chi connectivity index (χ0v) is 25.3. The van der Waals surface area contributed by atoms with Crippen molar-refractivity contribution >= 4 is 19.0 Å². The molecule has 0 aliphatic carbocycles. The summed E-state index contributed by atoms with van der Waals surface area (Å²) < 4.78 is 26.4. The lowest BCUT2D eigenvalue weighted by Crippen LogP contribution is -2.50. The summed E-state index contributed by atoms with van der Waals surface area (Å²) in [6.45, 7) is 4.31. The Labute approximate surface area is 231 Å². The highest BCUT2D eigenvalue weighted by Gasteiger charge is 2.36. The molecule has 0 amide bonds. The molecule has 198 valence electrons. The standard InChI is InChI=1S/C32H38O4Si2/c1-3-31(33-27-17-9-5-10-18-27,34-28-19-11-6-12-20-28)37-25-26-38-32(4-2,35-29-21-13-7-14-22-29)36-30-23-15-8-16-24-30/h5-24H,3-4,25-26,37-38H2,1-2H3. The molecular formula is C32H38O4Si2. The molecule has 0 atom stereocenters. The van der Waals surface area contributed by atoms with Crippen LogP contribution in [0.4, 0.5) is 0 Å². The van der Waals surface area contributed by atoms with Crippen LogP contribution in [0.1, 0.15) is 26.7 Å². The van der Waals surface area contributed by atoms with Crippen LogP contribution in [-0.4, -0.2) is 29.9 Å². The van der Waals surface area contributed by atoms with E-state index in [0.717, 1.165) is 47.9 Å². The molecule has 0 aliphatic heterocycles. The minimum Gasteiger partial charge on any atom is -0.458 e. The predicted molar refractivity (Wildman–Crippen MR) is 161 cm³/mol. The molecule has 0 aromatic heterocycles. The van der Waals surface area contributed by atoms with Crippen LogP contribution in [0.15, 0.2) is 121 Å². The first kappa shape index (κ1) is 27.5. The van der Waals surface area contributed by atoms with E-state index >= 15 is 0 Å². The minimum absolute atomic E-state index is 0.618. The summed E-state index contributed by atoms with van der Waals surface area (Å²) in [6.07, 6.45) is 1.56. The molecule has 4 aromatic rings. The van der Waals surface area contributed by atoms with E-state index in [1.165, 1.54) is 0 Å². The van der Waals surface area contributed by atoms with Gasteiger partial charge in [-0.1, -0.05) is 98.7 Å². The summed E-state index contributed by atoms with van der Waals surface area (Å²) in [4.78, 5) is 0. The van der Waals surface area contributed by atoms with Crippen LogP contribution in [0.5, 0.6) is 23.0 Å². The van der Waals surface area contributed by atoms with Gasteiger partial charge in [0, 0.05) is 12.8 Å². The van der Waals surface area contributed by atoms with Gasteiger partial charge in [0.2, 0.25) is 10.8 Å². The van der Waals surface area contributed by atoms with Gasteiger partial charge in [-0.05, 0) is 48.5 Å². The minimum atomic E-state index is -0.808. The second-order valence-corrected chi connectivity index (χ2v) is 14.0. The first-order valence-electron chi connectivity index (χ1n) is 13.6. The summed E-state index contributed by atoms with van der Waals surface area (Å²) in [7, 11) is -1.62. The number of hydrogen-bond donors (Lipinski definition) is 0. The van der Waals surface area contributed by atoms with Crippen molar-refractivity contribution in [3.05, 3.63) is 121 Å². The lowest BCUT2D eigenvalue weighted by Gasteiger charge is -2.36. The SMILES string of the molecule is CCC(Oc1ccccc1)(Oc1ccccc1)[SiH2]CC[SiH2]C(CC)(Oc1ccccc1)Oc1ccccc1. The van der Waals surface area contributed by atoms with Crippen LogP contribution in [0.3, 0.4) is 0 Å². The molecular weight excluding hydrogens is 505 g/mol. The van der Waals surface area contributed by atoms with Gasteiger partial charge in [-0.3, -0.25) is 0 Å². The summed E-state index contributed by atoms with van der Waals surface area (Å²) in [5, 5.41) is 0. The highest BCUT2D eigenvalue weighted by atomic mass is 28.2. The number of benzene rings is 4. The Balaban J connectivity index is 1.49. The number of para-hydroxylation sites is 4. The van der Waals surface area contributed by atoms with E-state index in [0.29, 0.717) is 0 Å². The Bertz CT molecular complexity index is 1010. The number of hydrogen-bond acceptors (Lipinski definition) is 4. The maximum absolute atomic E-state index is 6.60. The molecule has 38 heavy (non-hydrogen) atoms. The summed E-state index contributed by atoms with van der Waals surface area (Å²) in [5.41, 5.74) is -1.24. The Morgan fingerprint density at radius 2 is 0.658 bits per heavy atom. The second kappa shape index (κ2) is 13.9. The van der Waals surface area contributed by atoms with E-state index in [9.17, 15) is 0 Å². The van der Waals surface area contributed by atoms with Gasteiger partial charge in [0.15, 0.2) is 0 Å². The van der Waals surface area contributed by atoms with Crippen LogP contribution in [0.25, 0.3) is 0 Å². The van der Waals surface area contributed by atoms with E-state index < -0.39 is 29.9 Å². The fraction of sp³-hybridized carbons (Fsp3) is 0.250. The topological polar surface area (TPSA) is 36.9 Å². The summed E-state index contributed by atoms with van der Waals surface area (Å²) >= 11 is 0. The fourth-order valence-corrected chi connectivity index (χ4v) is 9.35. The largest absolute Gasteiger partial charge is 0.458 e. The van der Waals surface area contributed by atoms with Crippen LogP contribution in [0, 0.1) is 0 Å². The van der Waals surface area contributed by atoms with Crippen molar-refractivity contribution in [1.82, 2.24) is 0 Å². The molecule has 4 aromatic carbocycles. The average molecular weight is 543 g/mol. The van der Waals surface area contributed by atoms with Crippen molar-refractivity contribution in [2.75, 3.05) is 0 Å². The van der Waals surface area contributed by atoms with Gasteiger partial charge >= 0.3 is 0 Å². The van der Waals surface area contributed by atoms with Crippen molar-refractivity contribution in [2.24, 2.45) is 0 Å².